The van der Waals surface area contributed by atoms with Crippen LogP contribution in [-0.4, -0.2) is 29.6 Å². The summed E-state index contributed by atoms with van der Waals surface area (Å²) in [6.07, 6.45) is -2.72. The van der Waals surface area contributed by atoms with Gasteiger partial charge in [0.1, 0.15) is 6.33 Å². The van der Waals surface area contributed by atoms with Gasteiger partial charge in [0, 0.05) is 23.9 Å². The van der Waals surface area contributed by atoms with E-state index < -0.39 is 29.7 Å². The number of aromatic nitrogens is 2. The molecule has 0 bridgehead atoms. The maximum absolute atomic E-state index is 13.4. The van der Waals surface area contributed by atoms with Crippen LogP contribution in [0, 0.1) is 5.92 Å². The fraction of sp³-hybridized carbons (Fsp3) is 0.421. The van der Waals surface area contributed by atoms with Gasteiger partial charge in [-0.2, -0.15) is 13.2 Å². The quantitative estimate of drug-likeness (QED) is 0.728. The molecule has 1 aromatic carbocycles. The molecule has 2 unspecified atom stereocenters. The van der Waals surface area contributed by atoms with Gasteiger partial charge >= 0.3 is 6.18 Å². The van der Waals surface area contributed by atoms with Gasteiger partial charge < -0.3 is 10.1 Å². The Morgan fingerprint density at radius 3 is 2.43 bits per heavy atom. The van der Waals surface area contributed by atoms with Crippen molar-refractivity contribution in [3.8, 4) is 0 Å². The molecule has 1 N–H and O–H groups in total. The van der Waals surface area contributed by atoms with Crippen LogP contribution in [0.3, 0.4) is 0 Å². The number of rotatable bonds is 7. The van der Waals surface area contributed by atoms with Gasteiger partial charge in [0.05, 0.1) is 18.6 Å². The molecule has 0 spiro atoms. The zero-order valence-corrected chi connectivity index (χ0v) is 16.4. The van der Waals surface area contributed by atoms with Crippen LogP contribution < -0.4 is 5.32 Å². The molecule has 1 heterocycles. The van der Waals surface area contributed by atoms with Crippen molar-refractivity contribution < 1.29 is 22.7 Å². The van der Waals surface area contributed by atoms with Crippen LogP contribution in [0.25, 0.3) is 0 Å². The van der Waals surface area contributed by atoms with Gasteiger partial charge in [-0.1, -0.05) is 37.6 Å². The van der Waals surface area contributed by atoms with Crippen LogP contribution in [-0.2, 0) is 15.7 Å². The van der Waals surface area contributed by atoms with E-state index in [1.807, 2.05) is 0 Å². The predicted molar refractivity (Wildman–Crippen MR) is 98.8 cm³/mol. The molecule has 0 aliphatic carbocycles. The summed E-state index contributed by atoms with van der Waals surface area (Å²) in [6, 6.07) is 5.72. The molecule has 0 aliphatic heterocycles. The van der Waals surface area contributed by atoms with E-state index in [9.17, 15) is 18.0 Å². The van der Waals surface area contributed by atoms with Crippen LogP contribution in [0.4, 0.5) is 13.2 Å². The Morgan fingerprint density at radius 2 is 1.89 bits per heavy atom. The minimum atomic E-state index is -4.65. The highest BCUT2D eigenvalue weighted by Crippen LogP contribution is 2.35. The first kappa shape index (κ1) is 22.1. The monoisotopic (exact) mass is 415 g/mol. The fourth-order valence-corrected chi connectivity index (χ4v) is 2.97. The van der Waals surface area contributed by atoms with Crippen molar-refractivity contribution in [1.82, 2.24) is 15.3 Å². The van der Waals surface area contributed by atoms with Gasteiger partial charge in [-0.05, 0) is 23.6 Å². The molecule has 1 aromatic heterocycles. The lowest BCUT2D eigenvalue weighted by atomic mass is 9.93. The van der Waals surface area contributed by atoms with E-state index in [4.69, 9.17) is 16.3 Å². The third-order valence-electron chi connectivity index (χ3n) is 4.23. The molecular formula is C19H21ClF3N3O2. The Hall–Kier alpha value is -2.19. The van der Waals surface area contributed by atoms with Crippen LogP contribution in [0.1, 0.15) is 42.6 Å². The summed E-state index contributed by atoms with van der Waals surface area (Å²) in [4.78, 5) is 20.0. The lowest BCUT2D eigenvalue weighted by Gasteiger charge is -2.27. The number of hydrogen-bond donors (Lipinski definition) is 1. The SMILES string of the molecule is COCC(C(=O)NC(c1cncnc1C(F)(F)F)C(C)C)c1ccc(Cl)cc1. The number of carbonyl (C=O) groups is 1. The summed E-state index contributed by atoms with van der Waals surface area (Å²) in [5.74, 6) is -1.49. The van der Waals surface area contributed by atoms with Gasteiger partial charge in [-0.25, -0.2) is 9.97 Å². The number of ether oxygens (including phenoxy) is 1. The number of alkyl halides is 3. The van der Waals surface area contributed by atoms with Crippen molar-refractivity contribution in [3.63, 3.8) is 0 Å². The maximum Gasteiger partial charge on any atom is 0.433 e. The lowest BCUT2D eigenvalue weighted by molar-refractivity contribution is -0.142. The summed E-state index contributed by atoms with van der Waals surface area (Å²) >= 11 is 5.89. The molecule has 9 heteroatoms. The van der Waals surface area contributed by atoms with Gasteiger partial charge in [0.2, 0.25) is 5.91 Å². The molecular weight excluding hydrogens is 395 g/mol. The first-order valence-corrected chi connectivity index (χ1v) is 8.94. The first-order valence-electron chi connectivity index (χ1n) is 8.57. The normalized spacial score (nSPS) is 14.0. The Balaban J connectivity index is 2.35. The van der Waals surface area contributed by atoms with Crippen molar-refractivity contribution in [1.29, 1.82) is 0 Å². The second-order valence-electron chi connectivity index (χ2n) is 6.61. The van der Waals surface area contributed by atoms with Crippen LogP contribution in [0.5, 0.6) is 0 Å². The summed E-state index contributed by atoms with van der Waals surface area (Å²) in [6.45, 7) is 3.49. The second-order valence-corrected chi connectivity index (χ2v) is 7.05. The lowest BCUT2D eigenvalue weighted by Crippen LogP contribution is -2.38. The van der Waals surface area contributed by atoms with Gasteiger partial charge in [-0.3, -0.25) is 4.79 Å². The standard InChI is InChI=1S/C19H21ClF3N3O2/c1-11(2)16(14-8-24-10-25-17(14)19(21,22)23)26-18(27)15(9-28-3)12-4-6-13(20)7-5-12/h4-8,10-11,15-16H,9H2,1-3H3,(H,26,27). The minimum absolute atomic E-state index is 0.0652. The second kappa shape index (κ2) is 9.34. The molecule has 5 nitrogen and oxygen atoms in total. The third-order valence-corrected chi connectivity index (χ3v) is 4.48. The summed E-state index contributed by atoms with van der Waals surface area (Å²) in [5.41, 5.74) is -0.589. The van der Waals surface area contributed by atoms with Crippen LogP contribution in [0.2, 0.25) is 5.02 Å². The fourth-order valence-electron chi connectivity index (χ4n) is 2.85. The summed E-state index contributed by atoms with van der Waals surface area (Å²) in [5, 5.41) is 3.22. The molecule has 0 saturated carbocycles. The average Bonchev–Trinajstić information content (AvgIpc) is 2.64. The molecule has 2 rings (SSSR count). The highest BCUT2D eigenvalue weighted by atomic mass is 35.5. The van der Waals surface area contributed by atoms with E-state index in [2.05, 4.69) is 15.3 Å². The van der Waals surface area contributed by atoms with Crippen LogP contribution >= 0.6 is 11.6 Å². The smallest absolute Gasteiger partial charge is 0.384 e. The molecule has 152 valence electrons. The Labute approximate surface area is 166 Å². The van der Waals surface area contributed by atoms with E-state index in [1.54, 1.807) is 38.1 Å². The van der Waals surface area contributed by atoms with Crippen molar-refractivity contribution in [3.05, 3.63) is 58.6 Å². The predicted octanol–water partition coefficient (Wildman–Crippen LogP) is 4.39. The van der Waals surface area contributed by atoms with Gasteiger partial charge in [0.25, 0.3) is 0 Å². The van der Waals surface area contributed by atoms with E-state index in [0.717, 1.165) is 12.5 Å². The number of benzene rings is 1. The van der Waals surface area contributed by atoms with Gasteiger partial charge in [0.15, 0.2) is 5.69 Å². The number of carbonyl (C=O) groups excluding carboxylic acids is 1. The average molecular weight is 416 g/mol. The van der Waals surface area contributed by atoms with Crippen molar-refractivity contribution in [2.24, 2.45) is 5.92 Å². The molecule has 0 fully saturated rings. The Kier molecular flexibility index (Phi) is 7.37. The largest absolute Gasteiger partial charge is 0.433 e. The minimum Gasteiger partial charge on any atom is -0.384 e. The third kappa shape index (κ3) is 5.42. The molecule has 1 amide bonds. The van der Waals surface area contributed by atoms with E-state index >= 15 is 0 Å². The Morgan fingerprint density at radius 1 is 1.25 bits per heavy atom. The van der Waals surface area contributed by atoms with Crippen LogP contribution in [0.15, 0.2) is 36.8 Å². The van der Waals surface area contributed by atoms with Crippen molar-refractivity contribution >= 4 is 17.5 Å². The Bertz CT molecular complexity index is 798. The molecule has 2 atom stereocenters. The topological polar surface area (TPSA) is 64.1 Å². The number of amides is 1. The number of methoxy groups -OCH3 is 1. The van der Waals surface area contributed by atoms with E-state index in [1.165, 1.54) is 7.11 Å². The molecule has 0 radical (unpaired) electrons. The first-order chi connectivity index (χ1) is 13.1. The summed E-state index contributed by atoms with van der Waals surface area (Å²) in [7, 11) is 1.45. The molecule has 2 aromatic rings. The number of nitrogens with zero attached hydrogens (tertiary/aromatic N) is 2. The van der Waals surface area contributed by atoms with E-state index in [0.29, 0.717) is 10.6 Å². The molecule has 28 heavy (non-hydrogen) atoms. The zero-order chi connectivity index (χ0) is 20.9. The number of halogens is 4. The van der Waals surface area contributed by atoms with Crippen molar-refractivity contribution in [2.45, 2.75) is 32.0 Å². The summed E-state index contributed by atoms with van der Waals surface area (Å²) < 4.78 is 45.2. The highest BCUT2D eigenvalue weighted by Gasteiger charge is 2.38. The van der Waals surface area contributed by atoms with E-state index in [-0.39, 0.29) is 18.1 Å². The maximum atomic E-state index is 13.4. The number of hydrogen-bond acceptors (Lipinski definition) is 4. The zero-order valence-electron chi connectivity index (χ0n) is 15.6. The molecule has 0 saturated heterocycles. The van der Waals surface area contributed by atoms with Gasteiger partial charge in [-0.15, -0.1) is 0 Å². The highest BCUT2D eigenvalue weighted by molar-refractivity contribution is 6.30. The van der Waals surface area contributed by atoms with Crippen molar-refractivity contribution in [2.75, 3.05) is 13.7 Å². The number of nitrogens with one attached hydrogen (secondary N) is 1. The molecule has 0 aliphatic rings.